The highest BCUT2D eigenvalue weighted by molar-refractivity contribution is 5.68. The van der Waals surface area contributed by atoms with Gasteiger partial charge < -0.3 is 4.74 Å². The Hall–Kier alpha value is -1.20. The van der Waals surface area contributed by atoms with E-state index in [0.29, 0.717) is 0 Å². The lowest BCUT2D eigenvalue weighted by Gasteiger charge is -2.06. The molecule has 0 aromatic carbocycles. The summed E-state index contributed by atoms with van der Waals surface area (Å²) in [5.74, 6) is 0. The summed E-state index contributed by atoms with van der Waals surface area (Å²) in [5.41, 5.74) is 0. The molecular weight excluding hydrogens is 163 g/mol. The molecule has 0 heterocycles. The Morgan fingerprint density at radius 2 is 2.18 bits per heavy atom. The van der Waals surface area contributed by atoms with Gasteiger partial charge in [0.15, 0.2) is 6.61 Å². The fraction of sp³-hybridized carbons (Fsp3) is 0.400. The van der Waals surface area contributed by atoms with E-state index in [1.54, 1.807) is 0 Å². The number of hydrogen-bond acceptors (Lipinski definition) is 2. The molecule has 0 atom stereocenters. The van der Waals surface area contributed by atoms with E-state index in [1.165, 1.54) is 0 Å². The fourth-order valence-electron chi connectivity index (χ4n) is 0.272. The number of alkyl halides is 3. The minimum atomic E-state index is -4.49. The van der Waals surface area contributed by atoms with Gasteiger partial charge in [0.2, 0.25) is 0 Å². The molecule has 1 N–H and O–H groups in total. The molecule has 1 amide bonds. The van der Waals surface area contributed by atoms with Crippen molar-refractivity contribution < 1.29 is 22.7 Å². The molecular formula is C5H6F3NO2. The number of halogens is 3. The van der Waals surface area contributed by atoms with Gasteiger partial charge >= 0.3 is 12.3 Å². The van der Waals surface area contributed by atoms with Crippen molar-refractivity contribution in [2.24, 2.45) is 0 Å². The largest absolute Gasteiger partial charge is 0.440 e. The Morgan fingerprint density at radius 3 is 2.55 bits per heavy atom. The van der Waals surface area contributed by atoms with Gasteiger partial charge in [0.1, 0.15) is 0 Å². The number of carbonyl (C=O) groups is 1. The van der Waals surface area contributed by atoms with Crippen LogP contribution in [0.15, 0.2) is 12.8 Å². The first kappa shape index (κ1) is 9.80. The summed E-state index contributed by atoms with van der Waals surface area (Å²) in [6.07, 6.45) is -4.73. The maximum atomic E-state index is 11.3. The standard InChI is InChI=1S/C5H6F3NO2/c1-2-9-4(10)11-3-5(6,7)8/h2H,1,3H2,(H,9,10). The Morgan fingerprint density at radius 1 is 1.64 bits per heavy atom. The van der Waals surface area contributed by atoms with Gasteiger partial charge in [-0.15, -0.1) is 0 Å². The van der Waals surface area contributed by atoms with Gasteiger partial charge in [-0.3, -0.25) is 5.32 Å². The van der Waals surface area contributed by atoms with Crippen LogP contribution in [0.3, 0.4) is 0 Å². The van der Waals surface area contributed by atoms with Crippen LogP contribution in [0, 0.1) is 0 Å². The molecule has 0 fully saturated rings. The monoisotopic (exact) mass is 169 g/mol. The van der Waals surface area contributed by atoms with Gasteiger partial charge in [0.05, 0.1) is 0 Å². The van der Waals surface area contributed by atoms with Gasteiger partial charge in [-0.05, 0) is 6.20 Å². The van der Waals surface area contributed by atoms with Gasteiger partial charge in [-0.25, -0.2) is 4.79 Å². The first-order valence-corrected chi connectivity index (χ1v) is 2.56. The fourth-order valence-corrected chi connectivity index (χ4v) is 0.272. The van der Waals surface area contributed by atoms with Crippen molar-refractivity contribution in [3.05, 3.63) is 12.8 Å². The van der Waals surface area contributed by atoms with Crippen LogP contribution in [0.1, 0.15) is 0 Å². The highest BCUT2D eigenvalue weighted by Gasteiger charge is 2.29. The molecule has 0 aromatic heterocycles. The molecule has 11 heavy (non-hydrogen) atoms. The molecule has 0 saturated carbocycles. The molecule has 0 aliphatic carbocycles. The van der Waals surface area contributed by atoms with Crippen LogP contribution < -0.4 is 5.32 Å². The van der Waals surface area contributed by atoms with Crippen molar-refractivity contribution in [3.63, 3.8) is 0 Å². The molecule has 0 saturated heterocycles. The summed E-state index contributed by atoms with van der Waals surface area (Å²) in [4.78, 5) is 10.2. The van der Waals surface area contributed by atoms with Crippen molar-refractivity contribution in [2.75, 3.05) is 6.61 Å². The molecule has 0 unspecified atom stereocenters. The van der Waals surface area contributed by atoms with Crippen LogP contribution in [-0.2, 0) is 4.74 Å². The zero-order chi connectivity index (χ0) is 8.91. The zero-order valence-electron chi connectivity index (χ0n) is 5.44. The molecule has 0 bridgehead atoms. The molecule has 0 aliphatic rings. The van der Waals surface area contributed by atoms with Crippen LogP contribution in [-0.4, -0.2) is 18.9 Å². The molecule has 3 nitrogen and oxygen atoms in total. The lowest BCUT2D eigenvalue weighted by molar-refractivity contribution is -0.160. The lowest BCUT2D eigenvalue weighted by atomic mass is 10.7. The number of hydrogen-bond donors (Lipinski definition) is 1. The van der Waals surface area contributed by atoms with Gasteiger partial charge in [0, 0.05) is 0 Å². The van der Waals surface area contributed by atoms with Crippen molar-refractivity contribution in [1.29, 1.82) is 0 Å². The average molecular weight is 169 g/mol. The van der Waals surface area contributed by atoms with Crippen molar-refractivity contribution in [2.45, 2.75) is 6.18 Å². The molecule has 0 spiro atoms. The van der Waals surface area contributed by atoms with Gasteiger partial charge in [0.25, 0.3) is 0 Å². The first-order chi connectivity index (χ1) is 4.95. The van der Waals surface area contributed by atoms with E-state index >= 15 is 0 Å². The second-order valence-corrected chi connectivity index (χ2v) is 1.54. The smallest absolute Gasteiger partial charge is 0.422 e. The van der Waals surface area contributed by atoms with Crippen LogP contribution in [0.2, 0.25) is 0 Å². The van der Waals surface area contributed by atoms with E-state index < -0.39 is 18.9 Å². The summed E-state index contributed by atoms with van der Waals surface area (Å²) >= 11 is 0. The third-order valence-corrected chi connectivity index (χ3v) is 0.587. The first-order valence-electron chi connectivity index (χ1n) is 2.56. The Kier molecular flexibility index (Phi) is 3.43. The Bertz CT molecular complexity index is 154. The van der Waals surface area contributed by atoms with E-state index in [1.807, 2.05) is 5.32 Å². The predicted molar refractivity (Wildman–Crippen MR) is 30.7 cm³/mol. The number of nitrogens with one attached hydrogen (secondary N) is 1. The van der Waals surface area contributed by atoms with Gasteiger partial charge in [-0.2, -0.15) is 13.2 Å². The number of ether oxygens (including phenoxy) is 1. The molecule has 0 radical (unpaired) electrons. The summed E-state index contributed by atoms with van der Waals surface area (Å²) in [6, 6.07) is 0. The SMILES string of the molecule is C=CNC(=O)OCC(F)(F)F. The van der Waals surface area contributed by atoms with Gasteiger partial charge in [-0.1, -0.05) is 6.58 Å². The summed E-state index contributed by atoms with van der Waals surface area (Å²) in [7, 11) is 0. The molecule has 0 aliphatic heterocycles. The summed E-state index contributed by atoms with van der Waals surface area (Å²) in [5, 5.41) is 1.82. The highest BCUT2D eigenvalue weighted by Crippen LogP contribution is 2.14. The quantitative estimate of drug-likeness (QED) is 0.678. The number of carbonyl (C=O) groups excluding carboxylic acids is 1. The average Bonchev–Trinajstić information content (AvgIpc) is 1.83. The third-order valence-electron chi connectivity index (χ3n) is 0.587. The second kappa shape index (κ2) is 3.85. The van der Waals surface area contributed by atoms with E-state index in [4.69, 9.17) is 0 Å². The number of alkyl carbamates (subject to hydrolysis) is 1. The normalized spacial score (nSPS) is 10.5. The molecule has 0 aromatic rings. The Labute approximate surface area is 60.8 Å². The number of amides is 1. The summed E-state index contributed by atoms with van der Waals surface area (Å²) < 4.78 is 37.7. The highest BCUT2D eigenvalue weighted by atomic mass is 19.4. The van der Waals surface area contributed by atoms with Crippen LogP contribution >= 0.6 is 0 Å². The van der Waals surface area contributed by atoms with Crippen LogP contribution in [0.4, 0.5) is 18.0 Å². The minimum Gasteiger partial charge on any atom is -0.440 e. The van der Waals surface area contributed by atoms with E-state index in [2.05, 4.69) is 11.3 Å². The van der Waals surface area contributed by atoms with E-state index in [-0.39, 0.29) is 0 Å². The summed E-state index contributed by atoms with van der Waals surface area (Å²) in [6.45, 7) is 1.46. The number of rotatable bonds is 2. The van der Waals surface area contributed by atoms with Crippen molar-refractivity contribution in [3.8, 4) is 0 Å². The maximum absolute atomic E-state index is 11.3. The van der Waals surface area contributed by atoms with E-state index in [0.717, 1.165) is 6.20 Å². The Balaban J connectivity index is 3.54. The van der Waals surface area contributed by atoms with Crippen LogP contribution in [0.5, 0.6) is 0 Å². The molecule has 64 valence electrons. The predicted octanol–water partition coefficient (Wildman–Crippen LogP) is 1.42. The minimum absolute atomic E-state index is 0.929. The maximum Gasteiger partial charge on any atom is 0.422 e. The zero-order valence-corrected chi connectivity index (χ0v) is 5.44. The topological polar surface area (TPSA) is 38.3 Å². The second-order valence-electron chi connectivity index (χ2n) is 1.54. The van der Waals surface area contributed by atoms with Crippen LogP contribution in [0.25, 0.3) is 0 Å². The van der Waals surface area contributed by atoms with Crippen molar-refractivity contribution in [1.82, 2.24) is 5.32 Å². The molecule has 0 rings (SSSR count). The third kappa shape index (κ3) is 6.69. The molecule has 6 heteroatoms. The van der Waals surface area contributed by atoms with Crippen molar-refractivity contribution >= 4 is 6.09 Å². The van der Waals surface area contributed by atoms with E-state index in [9.17, 15) is 18.0 Å². The lowest BCUT2D eigenvalue weighted by Crippen LogP contribution is -2.25.